The van der Waals surface area contributed by atoms with Crippen LogP contribution in [-0.2, 0) is 4.79 Å². The second-order valence-electron chi connectivity index (χ2n) is 4.41. The molecule has 0 radical (unpaired) electrons. The minimum Gasteiger partial charge on any atom is -0.481 e. The summed E-state index contributed by atoms with van der Waals surface area (Å²) in [7, 11) is 0. The Balaban J connectivity index is 2.41. The van der Waals surface area contributed by atoms with Crippen LogP contribution in [0.15, 0.2) is 0 Å². The normalized spacial score (nSPS) is 32.9. The van der Waals surface area contributed by atoms with Crippen LogP contribution in [0.4, 0.5) is 0 Å². The third kappa shape index (κ3) is 3.29. The largest absolute Gasteiger partial charge is 0.481 e. The van der Waals surface area contributed by atoms with Crippen LogP contribution in [0.25, 0.3) is 0 Å². The molecule has 0 amide bonds. The minimum atomic E-state index is -0.625. The summed E-state index contributed by atoms with van der Waals surface area (Å²) in [6.45, 7) is 4.25. The number of piperidine rings is 1. The Labute approximate surface area is 85.9 Å². The highest BCUT2D eigenvalue weighted by Gasteiger charge is 2.29. The smallest absolute Gasteiger partial charge is 0.306 e. The lowest BCUT2D eigenvalue weighted by Crippen LogP contribution is -2.45. The molecule has 3 unspecified atom stereocenters. The van der Waals surface area contributed by atoms with Crippen molar-refractivity contribution in [1.82, 2.24) is 5.32 Å². The maximum atomic E-state index is 10.9. The molecule has 0 bridgehead atoms. The van der Waals surface area contributed by atoms with Crippen molar-refractivity contribution in [3.63, 3.8) is 0 Å². The predicted molar refractivity (Wildman–Crippen MR) is 56.3 cm³/mol. The van der Waals surface area contributed by atoms with E-state index in [0.717, 1.165) is 19.3 Å². The molecule has 3 nitrogen and oxygen atoms in total. The molecule has 1 aliphatic heterocycles. The summed E-state index contributed by atoms with van der Waals surface area (Å²) < 4.78 is 0. The Hall–Kier alpha value is -0.570. The average Bonchev–Trinajstić information content (AvgIpc) is 2.14. The second kappa shape index (κ2) is 5.35. The monoisotopic (exact) mass is 199 g/mol. The molecule has 1 rings (SSSR count). The molecule has 2 N–H and O–H groups in total. The first-order valence-corrected chi connectivity index (χ1v) is 5.62. The van der Waals surface area contributed by atoms with Gasteiger partial charge in [0.15, 0.2) is 0 Å². The average molecular weight is 199 g/mol. The number of carboxylic acid groups (broad SMARTS) is 1. The van der Waals surface area contributed by atoms with Gasteiger partial charge in [0.1, 0.15) is 0 Å². The van der Waals surface area contributed by atoms with Gasteiger partial charge in [-0.05, 0) is 26.2 Å². The molecule has 82 valence electrons. The van der Waals surface area contributed by atoms with Crippen molar-refractivity contribution in [2.75, 3.05) is 0 Å². The summed E-state index contributed by atoms with van der Waals surface area (Å²) in [5.41, 5.74) is 0. The molecule has 3 atom stereocenters. The van der Waals surface area contributed by atoms with Crippen molar-refractivity contribution in [3.8, 4) is 0 Å². The van der Waals surface area contributed by atoms with Crippen molar-refractivity contribution in [2.45, 2.75) is 58.0 Å². The standard InChI is InChI=1S/C11H21NO2/c1-3-4-5-10-7-9(11(13)14)6-8(2)12-10/h8-10,12H,3-7H2,1-2H3,(H,13,14). The number of hydrogen-bond acceptors (Lipinski definition) is 2. The topological polar surface area (TPSA) is 49.3 Å². The van der Waals surface area contributed by atoms with E-state index in [2.05, 4.69) is 19.2 Å². The summed E-state index contributed by atoms with van der Waals surface area (Å²) in [6, 6.07) is 0.770. The van der Waals surface area contributed by atoms with Gasteiger partial charge in [-0.25, -0.2) is 0 Å². The van der Waals surface area contributed by atoms with E-state index in [1.165, 1.54) is 12.8 Å². The van der Waals surface area contributed by atoms with Gasteiger partial charge >= 0.3 is 5.97 Å². The fourth-order valence-electron chi connectivity index (χ4n) is 2.26. The molecule has 14 heavy (non-hydrogen) atoms. The lowest BCUT2D eigenvalue weighted by Gasteiger charge is -2.32. The van der Waals surface area contributed by atoms with Crippen molar-refractivity contribution in [1.29, 1.82) is 0 Å². The van der Waals surface area contributed by atoms with E-state index < -0.39 is 5.97 Å². The summed E-state index contributed by atoms with van der Waals surface area (Å²) in [4.78, 5) is 10.9. The molecule has 0 aliphatic carbocycles. The summed E-state index contributed by atoms with van der Waals surface area (Å²) >= 11 is 0. The van der Waals surface area contributed by atoms with Gasteiger partial charge in [0.2, 0.25) is 0 Å². The SMILES string of the molecule is CCCCC1CC(C(=O)O)CC(C)N1. The van der Waals surface area contributed by atoms with Crippen LogP contribution < -0.4 is 5.32 Å². The number of nitrogens with one attached hydrogen (secondary N) is 1. The molecule has 1 fully saturated rings. The zero-order valence-corrected chi connectivity index (χ0v) is 9.12. The van der Waals surface area contributed by atoms with E-state index in [-0.39, 0.29) is 5.92 Å². The number of carboxylic acids is 1. The maximum Gasteiger partial charge on any atom is 0.306 e. The number of carbonyl (C=O) groups is 1. The first-order chi connectivity index (χ1) is 6.63. The van der Waals surface area contributed by atoms with Gasteiger partial charge in [0, 0.05) is 12.1 Å². The van der Waals surface area contributed by atoms with Crippen LogP contribution >= 0.6 is 0 Å². The molecular weight excluding hydrogens is 178 g/mol. The van der Waals surface area contributed by atoms with E-state index in [1.54, 1.807) is 0 Å². The molecule has 0 aromatic heterocycles. The summed E-state index contributed by atoms with van der Waals surface area (Å²) in [5.74, 6) is -0.757. The molecule has 0 aromatic carbocycles. The lowest BCUT2D eigenvalue weighted by atomic mass is 9.86. The zero-order chi connectivity index (χ0) is 10.6. The first-order valence-electron chi connectivity index (χ1n) is 5.62. The van der Waals surface area contributed by atoms with Gasteiger partial charge in [-0.3, -0.25) is 4.79 Å². The molecule has 1 saturated heterocycles. The van der Waals surface area contributed by atoms with Gasteiger partial charge in [-0.2, -0.15) is 0 Å². The Morgan fingerprint density at radius 3 is 2.79 bits per heavy atom. The third-order valence-corrected chi connectivity index (χ3v) is 2.98. The van der Waals surface area contributed by atoms with Crippen LogP contribution in [0.1, 0.15) is 46.0 Å². The van der Waals surface area contributed by atoms with Crippen LogP contribution in [0, 0.1) is 5.92 Å². The van der Waals surface area contributed by atoms with E-state index >= 15 is 0 Å². The van der Waals surface area contributed by atoms with Crippen LogP contribution in [0.3, 0.4) is 0 Å². The Morgan fingerprint density at radius 1 is 1.50 bits per heavy atom. The number of unbranched alkanes of at least 4 members (excludes halogenated alkanes) is 1. The van der Waals surface area contributed by atoms with Crippen molar-refractivity contribution in [3.05, 3.63) is 0 Å². The Kier molecular flexibility index (Phi) is 4.39. The highest BCUT2D eigenvalue weighted by molar-refractivity contribution is 5.70. The molecule has 0 saturated carbocycles. The van der Waals surface area contributed by atoms with E-state index in [1.807, 2.05) is 0 Å². The highest BCUT2D eigenvalue weighted by Crippen LogP contribution is 2.23. The fourth-order valence-corrected chi connectivity index (χ4v) is 2.26. The molecule has 3 heteroatoms. The lowest BCUT2D eigenvalue weighted by molar-refractivity contribution is -0.143. The highest BCUT2D eigenvalue weighted by atomic mass is 16.4. The van der Waals surface area contributed by atoms with Gasteiger partial charge in [0.05, 0.1) is 5.92 Å². The quantitative estimate of drug-likeness (QED) is 0.728. The first kappa shape index (κ1) is 11.5. The predicted octanol–water partition coefficient (Wildman–Crippen LogP) is 2.02. The van der Waals surface area contributed by atoms with Crippen molar-refractivity contribution in [2.24, 2.45) is 5.92 Å². The fraction of sp³-hybridized carbons (Fsp3) is 0.909. The van der Waals surface area contributed by atoms with Crippen LogP contribution in [0.5, 0.6) is 0 Å². The van der Waals surface area contributed by atoms with Gasteiger partial charge in [-0.1, -0.05) is 19.8 Å². The van der Waals surface area contributed by atoms with Crippen LogP contribution in [-0.4, -0.2) is 23.2 Å². The van der Waals surface area contributed by atoms with Gasteiger partial charge in [-0.15, -0.1) is 0 Å². The van der Waals surface area contributed by atoms with Gasteiger partial charge in [0.25, 0.3) is 0 Å². The van der Waals surface area contributed by atoms with Crippen molar-refractivity contribution < 1.29 is 9.90 Å². The molecular formula is C11H21NO2. The van der Waals surface area contributed by atoms with E-state index in [4.69, 9.17) is 5.11 Å². The number of aliphatic carboxylic acids is 1. The number of rotatable bonds is 4. The molecule has 0 aromatic rings. The maximum absolute atomic E-state index is 10.9. The molecule has 1 heterocycles. The minimum absolute atomic E-state index is 0.131. The van der Waals surface area contributed by atoms with Crippen LogP contribution in [0.2, 0.25) is 0 Å². The van der Waals surface area contributed by atoms with Gasteiger partial charge < -0.3 is 10.4 Å². The summed E-state index contributed by atoms with van der Waals surface area (Å²) in [6.07, 6.45) is 5.07. The second-order valence-corrected chi connectivity index (χ2v) is 4.41. The van der Waals surface area contributed by atoms with E-state index in [9.17, 15) is 4.79 Å². The van der Waals surface area contributed by atoms with Crippen molar-refractivity contribution >= 4 is 5.97 Å². The Morgan fingerprint density at radius 2 is 2.21 bits per heavy atom. The zero-order valence-electron chi connectivity index (χ0n) is 9.12. The molecule has 0 spiro atoms. The Bertz CT molecular complexity index is 194. The van der Waals surface area contributed by atoms with E-state index in [0.29, 0.717) is 12.1 Å². The summed E-state index contributed by atoms with van der Waals surface area (Å²) in [5, 5.41) is 12.4. The number of hydrogen-bond donors (Lipinski definition) is 2. The third-order valence-electron chi connectivity index (χ3n) is 2.98. The molecule has 1 aliphatic rings.